The van der Waals surface area contributed by atoms with Crippen LogP contribution in [0.2, 0.25) is 5.02 Å². The van der Waals surface area contributed by atoms with Gasteiger partial charge in [-0.2, -0.15) is 9.78 Å². The molecule has 1 aromatic heterocycles. The van der Waals surface area contributed by atoms with Crippen molar-refractivity contribution in [1.82, 2.24) is 14.9 Å². The van der Waals surface area contributed by atoms with Gasteiger partial charge >= 0.3 is 0 Å². The number of aromatic nitrogens is 3. The van der Waals surface area contributed by atoms with Crippen LogP contribution in [-0.4, -0.2) is 40.6 Å². The zero-order chi connectivity index (χ0) is 18.1. The molecule has 0 saturated heterocycles. The van der Waals surface area contributed by atoms with Crippen molar-refractivity contribution in [2.45, 2.75) is 5.16 Å². The van der Waals surface area contributed by atoms with Gasteiger partial charge in [-0.1, -0.05) is 23.4 Å². The Morgan fingerprint density at radius 1 is 1.04 bits per heavy atom. The van der Waals surface area contributed by atoms with Gasteiger partial charge in [0.2, 0.25) is 5.16 Å². The van der Waals surface area contributed by atoms with Gasteiger partial charge in [0.05, 0.1) is 19.9 Å². The molecule has 0 saturated carbocycles. The fraction of sp³-hybridized carbons (Fsp3) is 0.167. The Labute approximate surface area is 159 Å². The number of rotatable bonds is 4. The Bertz CT molecular complexity index is 985. The van der Waals surface area contributed by atoms with Crippen LogP contribution in [0.5, 0.6) is 11.5 Å². The lowest BCUT2D eigenvalue weighted by atomic mass is 10.1. The van der Waals surface area contributed by atoms with E-state index in [1.807, 2.05) is 42.5 Å². The molecule has 0 spiro atoms. The van der Waals surface area contributed by atoms with Crippen molar-refractivity contribution < 1.29 is 9.47 Å². The second kappa shape index (κ2) is 7.01. The van der Waals surface area contributed by atoms with Crippen LogP contribution in [0.15, 0.2) is 52.7 Å². The fourth-order valence-corrected chi connectivity index (χ4v) is 3.63. The van der Waals surface area contributed by atoms with E-state index in [9.17, 15) is 0 Å². The first-order chi connectivity index (χ1) is 12.7. The molecule has 0 fully saturated rings. The predicted molar refractivity (Wildman–Crippen MR) is 103 cm³/mol. The van der Waals surface area contributed by atoms with Gasteiger partial charge in [-0.15, -0.1) is 10.2 Å². The Kier molecular flexibility index (Phi) is 4.57. The molecule has 0 radical (unpaired) electrons. The summed E-state index contributed by atoms with van der Waals surface area (Å²) in [7, 11) is 3.28. The lowest BCUT2D eigenvalue weighted by molar-refractivity contribution is 0.402. The number of thioether (sulfide) groups is 1. The van der Waals surface area contributed by atoms with Gasteiger partial charge in [-0.25, -0.2) is 0 Å². The second-order valence-electron chi connectivity index (χ2n) is 5.53. The van der Waals surface area contributed by atoms with Crippen molar-refractivity contribution in [3.05, 3.63) is 53.1 Å². The summed E-state index contributed by atoms with van der Waals surface area (Å²) in [5.41, 5.74) is 2.66. The monoisotopic (exact) mass is 386 g/mol. The SMILES string of the molecule is COc1ccc(OC)c(C2=Nn3c(nnc3-c3ccc(Cl)cc3)SC2)c1. The molecule has 2 aromatic carbocycles. The summed E-state index contributed by atoms with van der Waals surface area (Å²) < 4.78 is 12.6. The van der Waals surface area contributed by atoms with E-state index in [0.29, 0.717) is 16.6 Å². The standard InChI is InChI=1S/C18H15ClN4O2S/c1-24-13-7-8-16(25-2)14(9-13)15-10-26-18-21-20-17(23(18)22-15)11-3-5-12(19)6-4-11/h3-9H,10H2,1-2H3. The Balaban J connectivity index is 1.81. The molecular formula is C18H15ClN4O2S. The number of methoxy groups -OCH3 is 2. The molecule has 0 amide bonds. The Hall–Kier alpha value is -2.51. The van der Waals surface area contributed by atoms with Gasteiger partial charge in [0, 0.05) is 21.9 Å². The minimum atomic E-state index is 0.669. The molecule has 26 heavy (non-hydrogen) atoms. The summed E-state index contributed by atoms with van der Waals surface area (Å²) in [5.74, 6) is 2.83. The van der Waals surface area contributed by atoms with E-state index < -0.39 is 0 Å². The summed E-state index contributed by atoms with van der Waals surface area (Å²) >= 11 is 7.56. The van der Waals surface area contributed by atoms with Crippen LogP contribution >= 0.6 is 23.4 Å². The quantitative estimate of drug-likeness (QED) is 0.678. The van der Waals surface area contributed by atoms with Crippen molar-refractivity contribution in [3.63, 3.8) is 0 Å². The van der Waals surface area contributed by atoms with Gasteiger partial charge in [-0.3, -0.25) is 0 Å². The van der Waals surface area contributed by atoms with Crippen LogP contribution in [0.25, 0.3) is 11.4 Å². The number of nitrogens with zero attached hydrogens (tertiary/aromatic N) is 4. The predicted octanol–water partition coefficient (Wildman–Crippen LogP) is 3.97. The number of fused-ring (bicyclic) bond motifs is 1. The summed E-state index contributed by atoms with van der Waals surface area (Å²) in [6.07, 6.45) is 0. The van der Waals surface area contributed by atoms with Crippen LogP contribution in [0, 0.1) is 0 Å². The third-order valence-corrected chi connectivity index (χ3v) is 5.17. The molecule has 6 nitrogen and oxygen atoms in total. The van der Waals surface area contributed by atoms with E-state index in [1.165, 1.54) is 0 Å². The second-order valence-corrected chi connectivity index (χ2v) is 6.91. The highest BCUT2D eigenvalue weighted by molar-refractivity contribution is 7.99. The fourth-order valence-electron chi connectivity index (χ4n) is 2.68. The lowest BCUT2D eigenvalue weighted by Crippen LogP contribution is -2.15. The van der Waals surface area contributed by atoms with Crippen molar-refractivity contribution in [1.29, 1.82) is 0 Å². The van der Waals surface area contributed by atoms with Crippen LogP contribution in [0.3, 0.4) is 0 Å². The molecule has 1 aliphatic heterocycles. The summed E-state index contributed by atoms with van der Waals surface area (Å²) in [6.45, 7) is 0. The van der Waals surface area contributed by atoms with Gasteiger partial charge in [0.25, 0.3) is 0 Å². The third kappa shape index (κ3) is 3.04. The van der Waals surface area contributed by atoms with Gasteiger partial charge in [0.15, 0.2) is 5.82 Å². The number of hydrogen-bond acceptors (Lipinski definition) is 6. The Morgan fingerprint density at radius 3 is 2.58 bits per heavy atom. The molecule has 0 aliphatic carbocycles. The van der Waals surface area contributed by atoms with E-state index in [4.69, 9.17) is 26.2 Å². The molecule has 8 heteroatoms. The van der Waals surface area contributed by atoms with Gasteiger partial charge < -0.3 is 9.47 Å². The van der Waals surface area contributed by atoms with E-state index in [1.54, 1.807) is 30.7 Å². The molecule has 0 atom stereocenters. The first-order valence-electron chi connectivity index (χ1n) is 7.84. The first kappa shape index (κ1) is 16.9. The van der Waals surface area contributed by atoms with Crippen LogP contribution < -0.4 is 9.47 Å². The molecule has 3 aromatic rings. The van der Waals surface area contributed by atoms with Gasteiger partial charge in [0.1, 0.15) is 11.5 Å². The van der Waals surface area contributed by atoms with Crippen molar-refractivity contribution in [2.24, 2.45) is 5.10 Å². The van der Waals surface area contributed by atoms with E-state index in [2.05, 4.69) is 10.2 Å². The summed E-state index contributed by atoms with van der Waals surface area (Å²) in [5, 5.41) is 14.7. The molecule has 0 unspecified atom stereocenters. The third-order valence-electron chi connectivity index (χ3n) is 3.99. The summed E-state index contributed by atoms with van der Waals surface area (Å²) in [4.78, 5) is 0. The number of hydrogen-bond donors (Lipinski definition) is 0. The summed E-state index contributed by atoms with van der Waals surface area (Å²) in [6, 6.07) is 13.1. The molecule has 4 rings (SSSR count). The smallest absolute Gasteiger partial charge is 0.212 e. The maximum Gasteiger partial charge on any atom is 0.212 e. The average Bonchev–Trinajstić information content (AvgIpc) is 3.11. The average molecular weight is 387 g/mol. The number of halogens is 1. The molecule has 0 N–H and O–H groups in total. The zero-order valence-corrected chi connectivity index (χ0v) is 15.7. The van der Waals surface area contributed by atoms with E-state index in [-0.39, 0.29) is 0 Å². The highest BCUT2D eigenvalue weighted by Gasteiger charge is 2.22. The highest BCUT2D eigenvalue weighted by atomic mass is 35.5. The lowest BCUT2D eigenvalue weighted by Gasteiger charge is -2.16. The maximum atomic E-state index is 5.98. The number of benzene rings is 2. The van der Waals surface area contributed by atoms with Crippen LogP contribution in [0.1, 0.15) is 5.56 Å². The van der Waals surface area contributed by atoms with E-state index >= 15 is 0 Å². The maximum absolute atomic E-state index is 5.98. The molecule has 2 heterocycles. The van der Waals surface area contributed by atoms with Crippen molar-refractivity contribution in [2.75, 3.05) is 20.0 Å². The van der Waals surface area contributed by atoms with Crippen LogP contribution in [-0.2, 0) is 0 Å². The topological polar surface area (TPSA) is 61.5 Å². The minimum absolute atomic E-state index is 0.669. The first-order valence-corrected chi connectivity index (χ1v) is 9.20. The molecule has 1 aliphatic rings. The largest absolute Gasteiger partial charge is 0.497 e. The van der Waals surface area contributed by atoms with E-state index in [0.717, 1.165) is 33.5 Å². The molecule has 0 bridgehead atoms. The zero-order valence-electron chi connectivity index (χ0n) is 14.1. The molecule has 132 valence electrons. The van der Waals surface area contributed by atoms with Crippen molar-refractivity contribution >= 4 is 29.1 Å². The number of ether oxygens (including phenoxy) is 2. The van der Waals surface area contributed by atoms with Gasteiger partial charge in [-0.05, 0) is 42.5 Å². The van der Waals surface area contributed by atoms with Crippen LogP contribution in [0.4, 0.5) is 0 Å². The minimum Gasteiger partial charge on any atom is -0.497 e. The Morgan fingerprint density at radius 2 is 1.85 bits per heavy atom. The normalized spacial score (nSPS) is 13.1. The van der Waals surface area contributed by atoms with Crippen molar-refractivity contribution in [3.8, 4) is 22.9 Å². The molecular weight excluding hydrogens is 372 g/mol. The highest BCUT2D eigenvalue weighted by Crippen LogP contribution is 2.32.